The third-order valence-corrected chi connectivity index (χ3v) is 4.77. The SMILES string of the molecule is O[C@H](COCc1cccs1)CN1CCC[C@H]1c1ccc[nH]1. The van der Waals surface area contributed by atoms with Crippen molar-refractivity contribution in [3.8, 4) is 0 Å². The van der Waals surface area contributed by atoms with Gasteiger partial charge in [0.15, 0.2) is 0 Å². The van der Waals surface area contributed by atoms with Crippen LogP contribution in [0, 0.1) is 0 Å². The van der Waals surface area contributed by atoms with Crippen LogP contribution in [-0.2, 0) is 11.3 Å². The van der Waals surface area contributed by atoms with Crippen LogP contribution in [0.5, 0.6) is 0 Å². The molecule has 1 saturated heterocycles. The fraction of sp³-hybridized carbons (Fsp3) is 0.500. The fourth-order valence-electron chi connectivity index (χ4n) is 2.96. The van der Waals surface area contributed by atoms with Crippen LogP contribution in [0.1, 0.15) is 29.5 Å². The Hall–Kier alpha value is -1.14. The van der Waals surface area contributed by atoms with E-state index in [4.69, 9.17) is 4.74 Å². The molecule has 1 aliphatic heterocycles. The maximum atomic E-state index is 10.2. The van der Waals surface area contributed by atoms with Gasteiger partial charge in [-0.2, -0.15) is 0 Å². The summed E-state index contributed by atoms with van der Waals surface area (Å²) in [5.74, 6) is 0. The fourth-order valence-corrected chi connectivity index (χ4v) is 3.60. The summed E-state index contributed by atoms with van der Waals surface area (Å²) in [5, 5.41) is 12.2. The number of rotatable bonds is 7. The number of thiophene rings is 1. The maximum absolute atomic E-state index is 10.2. The number of nitrogens with one attached hydrogen (secondary N) is 1. The summed E-state index contributed by atoms with van der Waals surface area (Å²) in [5.41, 5.74) is 1.25. The lowest BCUT2D eigenvalue weighted by Gasteiger charge is -2.26. The van der Waals surface area contributed by atoms with Crippen molar-refractivity contribution >= 4 is 11.3 Å². The van der Waals surface area contributed by atoms with Gasteiger partial charge in [0.25, 0.3) is 0 Å². The maximum Gasteiger partial charge on any atom is 0.0900 e. The van der Waals surface area contributed by atoms with Crippen LogP contribution >= 0.6 is 11.3 Å². The topological polar surface area (TPSA) is 48.5 Å². The molecule has 0 spiro atoms. The van der Waals surface area contributed by atoms with Crippen molar-refractivity contribution in [2.45, 2.75) is 31.6 Å². The van der Waals surface area contributed by atoms with E-state index in [1.807, 2.05) is 23.7 Å². The van der Waals surface area contributed by atoms with E-state index in [0.29, 0.717) is 25.8 Å². The van der Waals surface area contributed by atoms with Crippen LogP contribution in [0.15, 0.2) is 35.8 Å². The molecular formula is C16H22N2O2S. The Bertz CT molecular complexity index is 512. The van der Waals surface area contributed by atoms with E-state index in [1.54, 1.807) is 11.3 Å². The highest BCUT2D eigenvalue weighted by Gasteiger charge is 2.28. The minimum Gasteiger partial charge on any atom is -0.389 e. The molecule has 3 rings (SSSR count). The summed E-state index contributed by atoms with van der Waals surface area (Å²) in [6.45, 7) is 2.71. The van der Waals surface area contributed by atoms with Crippen molar-refractivity contribution in [2.75, 3.05) is 19.7 Å². The molecule has 21 heavy (non-hydrogen) atoms. The highest BCUT2D eigenvalue weighted by atomic mass is 32.1. The van der Waals surface area contributed by atoms with Gasteiger partial charge >= 0.3 is 0 Å². The first-order chi connectivity index (χ1) is 10.3. The van der Waals surface area contributed by atoms with Gasteiger partial charge in [0.1, 0.15) is 0 Å². The van der Waals surface area contributed by atoms with Crippen LogP contribution in [0.25, 0.3) is 0 Å². The molecular weight excluding hydrogens is 284 g/mol. The zero-order valence-electron chi connectivity index (χ0n) is 12.1. The number of hydrogen-bond acceptors (Lipinski definition) is 4. The molecule has 114 valence electrons. The summed E-state index contributed by atoms with van der Waals surface area (Å²) in [4.78, 5) is 6.84. The number of aliphatic hydroxyl groups excluding tert-OH is 1. The lowest BCUT2D eigenvalue weighted by Crippen LogP contribution is -2.34. The largest absolute Gasteiger partial charge is 0.389 e. The third kappa shape index (κ3) is 3.95. The number of aromatic nitrogens is 1. The number of aromatic amines is 1. The molecule has 0 bridgehead atoms. The minimum atomic E-state index is -0.430. The zero-order chi connectivity index (χ0) is 14.5. The molecule has 2 N–H and O–H groups in total. The second-order valence-electron chi connectivity index (χ2n) is 5.53. The van der Waals surface area contributed by atoms with Crippen molar-refractivity contribution in [2.24, 2.45) is 0 Å². The van der Waals surface area contributed by atoms with Gasteiger partial charge in [-0.1, -0.05) is 6.07 Å². The monoisotopic (exact) mass is 306 g/mol. The molecule has 2 aromatic rings. The van der Waals surface area contributed by atoms with Gasteiger partial charge in [-0.3, -0.25) is 4.90 Å². The third-order valence-electron chi connectivity index (χ3n) is 3.92. The smallest absolute Gasteiger partial charge is 0.0900 e. The van der Waals surface area contributed by atoms with Crippen molar-refractivity contribution in [1.82, 2.24) is 9.88 Å². The highest BCUT2D eigenvalue weighted by Crippen LogP contribution is 2.30. The van der Waals surface area contributed by atoms with Gasteiger partial charge in [-0.05, 0) is 43.0 Å². The number of β-amino-alcohol motifs (C(OH)–C–C–N with tert-alkyl or cyclic N) is 1. The summed E-state index contributed by atoms with van der Waals surface area (Å²) in [7, 11) is 0. The molecule has 0 radical (unpaired) electrons. The van der Waals surface area contributed by atoms with Crippen molar-refractivity contribution in [1.29, 1.82) is 0 Å². The zero-order valence-corrected chi connectivity index (χ0v) is 12.9. The van der Waals surface area contributed by atoms with E-state index >= 15 is 0 Å². The van der Waals surface area contributed by atoms with Gasteiger partial charge < -0.3 is 14.8 Å². The van der Waals surface area contributed by atoms with E-state index in [1.165, 1.54) is 17.0 Å². The van der Waals surface area contributed by atoms with Crippen molar-refractivity contribution < 1.29 is 9.84 Å². The van der Waals surface area contributed by atoms with Gasteiger partial charge in [-0.25, -0.2) is 0 Å². The summed E-state index contributed by atoms with van der Waals surface area (Å²) in [6.07, 6.45) is 3.88. The highest BCUT2D eigenvalue weighted by molar-refractivity contribution is 7.09. The lowest BCUT2D eigenvalue weighted by atomic mass is 10.1. The average Bonchev–Trinajstić information content (AvgIpc) is 3.20. The second-order valence-corrected chi connectivity index (χ2v) is 6.56. The first-order valence-electron chi connectivity index (χ1n) is 7.48. The Balaban J connectivity index is 1.44. The van der Waals surface area contributed by atoms with E-state index in [0.717, 1.165) is 13.0 Å². The van der Waals surface area contributed by atoms with Crippen LogP contribution in [-0.4, -0.2) is 40.8 Å². The Morgan fingerprint density at radius 3 is 3.14 bits per heavy atom. The van der Waals surface area contributed by atoms with Crippen LogP contribution in [0.4, 0.5) is 0 Å². The Morgan fingerprint density at radius 2 is 2.38 bits per heavy atom. The normalized spacial score (nSPS) is 20.9. The minimum absolute atomic E-state index is 0.395. The molecule has 0 amide bonds. The first kappa shape index (κ1) is 14.8. The van der Waals surface area contributed by atoms with E-state index in [9.17, 15) is 5.11 Å². The quantitative estimate of drug-likeness (QED) is 0.827. The second kappa shape index (κ2) is 7.22. The molecule has 3 heterocycles. The van der Waals surface area contributed by atoms with Gasteiger partial charge in [-0.15, -0.1) is 11.3 Å². The Labute approximate surface area is 129 Å². The molecule has 2 aromatic heterocycles. The number of likely N-dealkylation sites (tertiary alicyclic amines) is 1. The number of nitrogens with zero attached hydrogens (tertiary/aromatic N) is 1. The first-order valence-corrected chi connectivity index (χ1v) is 8.36. The Morgan fingerprint density at radius 1 is 1.43 bits per heavy atom. The molecule has 1 fully saturated rings. The van der Waals surface area contributed by atoms with E-state index in [2.05, 4.69) is 22.0 Å². The van der Waals surface area contributed by atoms with E-state index in [-0.39, 0.29) is 0 Å². The van der Waals surface area contributed by atoms with Crippen molar-refractivity contribution in [3.63, 3.8) is 0 Å². The number of ether oxygens (including phenoxy) is 1. The molecule has 1 aliphatic rings. The van der Waals surface area contributed by atoms with E-state index < -0.39 is 6.10 Å². The summed E-state index contributed by atoms with van der Waals surface area (Å²) < 4.78 is 5.60. The lowest BCUT2D eigenvalue weighted by molar-refractivity contribution is 0.00827. The molecule has 0 unspecified atom stereocenters. The van der Waals surface area contributed by atoms with Crippen LogP contribution in [0.2, 0.25) is 0 Å². The van der Waals surface area contributed by atoms with Crippen LogP contribution in [0.3, 0.4) is 0 Å². The predicted molar refractivity (Wildman–Crippen MR) is 84.3 cm³/mol. The van der Waals surface area contributed by atoms with Gasteiger partial charge in [0.2, 0.25) is 0 Å². The standard InChI is InChI=1S/C16H22N2O2S/c19-13(11-20-12-14-4-3-9-21-14)10-18-8-2-6-16(18)15-5-1-7-17-15/h1,3-5,7,9,13,16-17,19H,2,6,8,10-12H2/t13-,16-/m0/s1. The predicted octanol–water partition coefficient (Wildman–Crippen LogP) is 2.79. The van der Waals surface area contributed by atoms with Gasteiger partial charge in [0.05, 0.1) is 19.3 Å². The summed E-state index contributed by atoms with van der Waals surface area (Å²) in [6, 6.07) is 8.64. The molecule has 0 aliphatic carbocycles. The van der Waals surface area contributed by atoms with Crippen LogP contribution < -0.4 is 0 Å². The van der Waals surface area contributed by atoms with Crippen molar-refractivity contribution in [3.05, 3.63) is 46.4 Å². The Kier molecular flexibility index (Phi) is 5.08. The van der Waals surface area contributed by atoms with Gasteiger partial charge in [0, 0.05) is 29.4 Å². The molecule has 0 aromatic carbocycles. The molecule has 4 nitrogen and oxygen atoms in total. The molecule has 2 atom stereocenters. The number of aliphatic hydroxyl groups is 1. The molecule has 0 saturated carbocycles. The number of H-pyrrole nitrogens is 1. The molecule has 5 heteroatoms. The summed E-state index contributed by atoms with van der Waals surface area (Å²) >= 11 is 1.68. The average molecular weight is 306 g/mol. The number of hydrogen-bond donors (Lipinski definition) is 2.